The maximum absolute atomic E-state index is 13.3. The number of carbonyl (C=O) groups is 5. The number of hydrogen-bond acceptors (Lipinski definition) is 9. The first-order valence-corrected chi connectivity index (χ1v) is 16.6. The zero-order valence-corrected chi connectivity index (χ0v) is 27.1. The highest BCUT2D eigenvalue weighted by molar-refractivity contribution is 6.24. The first-order valence-electron chi connectivity index (χ1n) is 16.6. The van der Waals surface area contributed by atoms with Crippen LogP contribution < -0.4 is 9.80 Å². The summed E-state index contributed by atoms with van der Waals surface area (Å²) in [5.74, 6) is -0.960. The lowest BCUT2D eigenvalue weighted by Crippen LogP contribution is -2.47. The molecule has 1 aliphatic carbocycles. The first-order chi connectivity index (χ1) is 22.0. The summed E-state index contributed by atoms with van der Waals surface area (Å²) in [5.41, 5.74) is 2.81. The molecule has 1 unspecified atom stereocenters. The molecule has 0 aromatic heterocycles. The molecule has 0 N–H and O–H groups in total. The van der Waals surface area contributed by atoms with E-state index in [9.17, 15) is 24.0 Å². The highest BCUT2D eigenvalue weighted by Gasteiger charge is 2.44. The predicted molar refractivity (Wildman–Crippen MR) is 174 cm³/mol. The zero-order chi connectivity index (χ0) is 32.6. The molecule has 3 aliphatic heterocycles. The number of benzene rings is 2. The zero-order valence-electron chi connectivity index (χ0n) is 27.1. The van der Waals surface area contributed by atoms with Gasteiger partial charge in [-0.05, 0) is 101 Å². The van der Waals surface area contributed by atoms with Crippen molar-refractivity contribution in [2.45, 2.75) is 70.9 Å². The molecule has 3 heterocycles. The van der Waals surface area contributed by atoms with Crippen molar-refractivity contribution in [3.63, 3.8) is 0 Å². The molecule has 3 fully saturated rings. The minimum absolute atomic E-state index is 0.134. The molecule has 2 saturated heterocycles. The van der Waals surface area contributed by atoms with Crippen LogP contribution in [0.1, 0.15) is 90.4 Å². The van der Waals surface area contributed by atoms with E-state index in [1.165, 1.54) is 6.42 Å². The van der Waals surface area contributed by atoms with E-state index < -0.39 is 23.5 Å². The Hall–Kier alpha value is -4.05. The second-order valence-electron chi connectivity index (χ2n) is 14.0. The van der Waals surface area contributed by atoms with Gasteiger partial charge < -0.3 is 14.5 Å². The molecular weight excluding hydrogens is 584 g/mol. The summed E-state index contributed by atoms with van der Waals surface area (Å²) in [4.78, 5) is 71.0. The average molecular weight is 629 g/mol. The summed E-state index contributed by atoms with van der Waals surface area (Å²) in [5, 5.41) is 0. The van der Waals surface area contributed by atoms with Crippen molar-refractivity contribution in [2.75, 3.05) is 55.6 Å². The normalized spacial score (nSPS) is 21.6. The van der Waals surface area contributed by atoms with E-state index in [0.717, 1.165) is 74.9 Å². The molecule has 4 aliphatic rings. The Kier molecular flexibility index (Phi) is 9.01. The van der Waals surface area contributed by atoms with Gasteiger partial charge >= 0.3 is 5.97 Å². The first kappa shape index (κ1) is 31.9. The molecule has 0 bridgehead atoms. The Morgan fingerprint density at radius 1 is 0.783 bits per heavy atom. The Morgan fingerprint density at radius 3 is 2.07 bits per heavy atom. The van der Waals surface area contributed by atoms with Gasteiger partial charge in [-0.3, -0.25) is 29.0 Å². The number of piperazine rings is 1. The third-order valence-electron chi connectivity index (χ3n) is 9.73. The van der Waals surface area contributed by atoms with E-state index in [-0.39, 0.29) is 36.8 Å². The van der Waals surface area contributed by atoms with Crippen molar-refractivity contribution in [2.24, 2.45) is 5.92 Å². The van der Waals surface area contributed by atoms with Gasteiger partial charge in [0, 0.05) is 57.1 Å². The molecule has 2 aromatic carbocycles. The number of fused-ring (bicyclic) bond motifs is 1. The molecule has 0 radical (unpaired) electrons. The van der Waals surface area contributed by atoms with Crippen LogP contribution in [0, 0.1) is 5.92 Å². The van der Waals surface area contributed by atoms with Crippen LogP contribution in [0.2, 0.25) is 0 Å². The number of Topliss-reactive ketones (excluding diaryl/α,β-unsaturated/α-hetero) is 2. The molecule has 6 rings (SSSR count). The topological polar surface area (TPSA) is 108 Å². The Balaban J connectivity index is 0.950. The number of esters is 1. The minimum atomic E-state index is -0.846. The van der Waals surface area contributed by atoms with E-state index in [1.807, 2.05) is 51.1 Å². The van der Waals surface area contributed by atoms with Crippen LogP contribution in [0.5, 0.6) is 0 Å². The number of hydrogen-bond donors (Lipinski definition) is 0. The van der Waals surface area contributed by atoms with Crippen molar-refractivity contribution in [1.29, 1.82) is 0 Å². The van der Waals surface area contributed by atoms with Crippen LogP contribution >= 0.6 is 0 Å². The largest absolute Gasteiger partial charge is 0.456 e. The van der Waals surface area contributed by atoms with Crippen LogP contribution in [-0.2, 0) is 14.3 Å². The summed E-state index contributed by atoms with van der Waals surface area (Å²) in [6, 6.07) is 12.3. The Morgan fingerprint density at radius 2 is 1.41 bits per heavy atom. The van der Waals surface area contributed by atoms with E-state index in [4.69, 9.17) is 4.74 Å². The van der Waals surface area contributed by atoms with Gasteiger partial charge in [-0.2, -0.15) is 0 Å². The highest BCUT2D eigenvalue weighted by Crippen LogP contribution is 2.32. The minimum Gasteiger partial charge on any atom is -0.456 e. The molecule has 2 aromatic rings. The van der Waals surface area contributed by atoms with Gasteiger partial charge in [-0.1, -0.05) is 0 Å². The van der Waals surface area contributed by atoms with Crippen molar-refractivity contribution < 1.29 is 28.7 Å². The molecule has 0 spiro atoms. The molecular formula is C36H44N4O6. The number of nitrogens with zero attached hydrogens (tertiary/aromatic N) is 4. The second kappa shape index (κ2) is 13.0. The van der Waals surface area contributed by atoms with Gasteiger partial charge in [0.25, 0.3) is 11.8 Å². The lowest BCUT2D eigenvalue weighted by Gasteiger charge is -2.38. The third kappa shape index (κ3) is 6.87. The third-order valence-corrected chi connectivity index (χ3v) is 9.73. The number of carbonyl (C=O) groups excluding carboxylic acids is 5. The Bertz CT molecular complexity index is 1510. The summed E-state index contributed by atoms with van der Waals surface area (Å²) >= 11 is 0. The Labute approximate surface area is 270 Å². The van der Waals surface area contributed by atoms with Gasteiger partial charge in [0.05, 0.1) is 29.2 Å². The van der Waals surface area contributed by atoms with E-state index >= 15 is 0 Å². The number of imide groups is 1. The van der Waals surface area contributed by atoms with Crippen LogP contribution in [0.15, 0.2) is 42.5 Å². The number of piperidine rings is 1. The van der Waals surface area contributed by atoms with Crippen LogP contribution in [0.4, 0.5) is 11.4 Å². The summed E-state index contributed by atoms with van der Waals surface area (Å²) < 4.78 is 5.48. The van der Waals surface area contributed by atoms with Crippen molar-refractivity contribution in [3.05, 3.63) is 59.2 Å². The van der Waals surface area contributed by atoms with Gasteiger partial charge in [-0.15, -0.1) is 0 Å². The number of rotatable bonds is 7. The lowest BCUT2D eigenvalue weighted by molar-refractivity contribution is -0.132. The smallest absolute Gasteiger partial charge is 0.338 e. The van der Waals surface area contributed by atoms with Crippen molar-refractivity contribution in [1.82, 2.24) is 9.80 Å². The molecule has 244 valence electrons. The van der Waals surface area contributed by atoms with E-state index in [1.54, 1.807) is 12.1 Å². The van der Waals surface area contributed by atoms with Gasteiger partial charge in [0.1, 0.15) is 11.4 Å². The average Bonchev–Trinajstić information content (AvgIpc) is 3.28. The molecule has 1 saturated carbocycles. The fourth-order valence-electron chi connectivity index (χ4n) is 7.08. The van der Waals surface area contributed by atoms with Gasteiger partial charge in [-0.25, -0.2) is 4.79 Å². The quantitative estimate of drug-likeness (QED) is 0.251. The maximum atomic E-state index is 13.3. The lowest BCUT2D eigenvalue weighted by atomic mass is 9.92. The van der Waals surface area contributed by atoms with E-state index in [2.05, 4.69) is 14.7 Å². The number of ether oxygens (including phenoxy) is 1. The van der Waals surface area contributed by atoms with Crippen LogP contribution in [0.25, 0.3) is 0 Å². The summed E-state index contributed by atoms with van der Waals surface area (Å²) in [6.07, 6.45) is 3.68. The predicted octanol–water partition coefficient (Wildman–Crippen LogP) is 4.36. The fraction of sp³-hybridized carbons (Fsp3) is 0.528. The molecule has 1 atom stereocenters. The van der Waals surface area contributed by atoms with Gasteiger partial charge in [0.2, 0.25) is 0 Å². The fourth-order valence-corrected chi connectivity index (χ4v) is 7.08. The van der Waals surface area contributed by atoms with E-state index in [0.29, 0.717) is 22.6 Å². The molecule has 10 heteroatoms. The standard InChI is InChI=1S/C36H44N4O6/c1-36(2,3)46-35(45)25-4-6-26(7-5-25)38-16-13-24(14-17-38)12-15-37-18-20-39(21-19-37)27-8-10-29-30(22-27)34(44)40(33(29)43)31-11-9-28(41)23-32(31)42/h4-8,10,22,24,31H,9,11-21,23H2,1-3H3. The highest BCUT2D eigenvalue weighted by atomic mass is 16.6. The maximum Gasteiger partial charge on any atom is 0.338 e. The summed E-state index contributed by atoms with van der Waals surface area (Å²) in [7, 11) is 0. The molecule has 46 heavy (non-hydrogen) atoms. The SMILES string of the molecule is CC(C)(C)OC(=O)c1ccc(N2CCC(CCN3CCN(c4ccc5c(c4)C(=O)N(C4CCC(=O)CC4=O)C5=O)CC3)CC2)cc1. The molecule has 2 amide bonds. The molecule has 10 nitrogen and oxygen atoms in total. The van der Waals surface area contributed by atoms with Crippen LogP contribution in [0.3, 0.4) is 0 Å². The monoisotopic (exact) mass is 628 g/mol. The van der Waals surface area contributed by atoms with Crippen molar-refractivity contribution in [3.8, 4) is 0 Å². The number of amides is 2. The number of anilines is 2. The second-order valence-corrected chi connectivity index (χ2v) is 14.0. The van der Waals surface area contributed by atoms with Crippen molar-refractivity contribution >= 4 is 40.7 Å². The van der Waals surface area contributed by atoms with Gasteiger partial charge in [0.15, 0.2) is 5.78 Å². The van der Waals surface area contributed by atoms with Crippen LogP contribution in [-0.4, -0.2) is 96.6 Å². The summed E-state index contributed by atoms with van der Waals surface area (Å²) in [6.45, 7) is 12.2. The number of ketones is 2.